The summed E-state index contributed by atoms with van der Waals surface area (Å²) in [5.41, 5.74) is 2.98. The van der Waals surface area contributed by atoms with E-state index < -0.39 is 0 Å². The van der Waals surface area contributed by atoms with Gasteiger partial charge >= 0.3 is 0 Å². The average Bonchev–Trinajstić information content (AvgIpc) is 3.10. The zero-order chi connectivity index (χ0) is 13.5. The van der Waals surface area contributed by atoms with Crippen LogP contribution < -0.4 is 0 Å². The molecule has 0 spiro atoms. The van der Waals surface area contributed by atoms with Crippen LogP contribution in [-0.4, -0.2) is 22.1 Å². The summed E-state index contributed by atoms with van der Waals surface area (Å²) in [4.78, 5) is 12.2. The van der Waals surface area contributed by atoms with E-state index in [0.29, 0.717) is 0 Å². The Kier molecular flexibility index (Phi) is 2.36. The molecule has 1 aliphatic carbocycles. The first-order valence-electron chi connectivity index (χ1n) is 6.51. The molecule has 0 saturated heterocycles. The van der Waals surface area contributed by atoms with Crippen molar-refractivity contribution in [2.24, 2.45) is 0 Å². The molecule has 1 atom stereocenters. The molecule has 3 heterocycles. The minimum absolute atomic E-state index is 0.180. The SMILES string of the molecule is COC1=CC(c2ccc3c(n2)[nH]c2ccncc23)C=C1. The number of nitrogens with one attached hydrogen (secondary N) is 1. The molecule has 0 aliphatic heterocycles. The highest BCUT2D eigenvalue weighted by Crippen LogP contribution is 2.29. The average molecular weight is 263 g/mol. The maximum Gasteiger partial charge on any atom is 0.138 e. The standard InChI is InChI=1S/C16H13N3O/c1-20-11-3-2-10(8-11)14-5-4-12-13-9-17-7-6-15(13)19-16(12)18-14/h2-10H,1H3,(H,18,19). The Morgan fingerprint density at radius 1 is 1.20 bits per heavy atom. The van der Waals surface area contributed by atoms with Crippen molar-refractivity contribution < 1.29 is 4.74 Å². The van der Waals surface area contributed by atoms with E-state index in [1.54, 1.807) is 13.3 Å². The molecule has 1 aliphatic rings. The lowest BCUT2D eigenvalue weighted by Crippen LogP contribution is -1.93. The van der Waals surface area contributed by atoms with E-state index in [4.69, 9.17) is 9.72 Å². The van der Waals surface area contributed by atoms with E-state index in [2.05, 4.69) is 34.3 Å². The van der Waals surface area contributed by atoms with E-state index in [0.717, 1.165) is 33.4 Å². The van der Waals surface area contributed by atoms with Crippen LogP contribution in [0.1, 0.15) is 11.6 Å². The number of aromatic amines is 1. The highest BCUT2D eigenvalue weighted by atomic mass is 16.5. The van der Waals surface area contributed by atoms with E-state index in [-0.39, 0.29) is 5.92 Å². The molecule has 98 valence electrons. The summed E-state index contributed by atoms with van der Waals surface area (Å²) < 4.78 is 5.23. The molecule has 0 fully saturated rings. The van der Waals surface area contributed by atoms with Gasteiger partial charge < -0.3 is 9.72 Å². The van der Waals surface area contributed by atoms with E-state index in [9.17, 15) is 0 Å². The van der Waals surface area contributed by atoms with Gasteiger partial charge in [-0.05, 0) is 30.4 Å². The first-order chi connectivity index (χ1) is 9.85. The molecule has 0 bridgehead atoms. The number of allylic oxidation sites excluding steroid dienone is 3. The summed E-state index contributed by atoms with van der Waals surface area (Å²) in [6, 6.07) is 6.13. The molecule has 4 nitrogen and oxygen atoms in total. The van der Waals surface area contributed by atoms with Gasteiger partial charge in [0, 0.05) is 29.1 Å². The minimum Gasteiger partial charge on any atom is -0.497 e. The van der Waals surface area contributed by atoms with Crippen LogP contribution in [0.3, 0.4) is 0 Å². The summed E-state index contributed by atoms with van der Waals surface area (Å²) in [5, 5.41) is 2.21. The van der Waals surface area contributed by atoms with Crippen LogP contribution in [0.25, 0.3) is 21.9 Å². The van der Waals surface area contributed by atoms with Crippen LogP contribution in [0.2, 0.25) is 0 Å². The number of hydrogen-bond donors (Lipinski definition) is 1. The first-order valence-corrected chi connectivity index (χ1v) is 6.51. The molecular formula is C16H13N3O. The van der Waals surface area contributed by atoms with Gasteiger partial charge in [-0.1, -0.05) is 6.08 Å². The van der Waals surface area contributed by atoms with Gasteiger partial charge in [-0.2, -0.15) is 0 Å². The summed E-state index contributed by atoms with van der Waals surface area (Å²) in [6.07, 6.45) is 9.79. The van der Waals surface area contributed by atoms with Gasteiger partial charge in [0.1, 0.15) is 11.4 Å². The first kappa shape index (κ1) is 11.2. The topological polar surface area (TPSA) is 50.8 Å². The van der Waals surface area contributed by atoms with Crippen LogP contribution in [0.15, 0.2) is 54.6 Å². The summed E-state index contributed by atoms with van der Waals surface area (Å²) >= 11 is 0. The maximum atomic E-state index is 5.23. The Labute approximate surface area is 115 Å². The zero-order valence-electron chi connectivity index (χ0n) is 11.0. The van der Waals surface area contributed by atoms with Gasteiger partial charge in [0.25, 0.3) is 0 Å². The highest BCUT2D eigenvalue weighted by molar-refractivity contribution is 6.05. The normalized spacial score (nSPS) is 17.9. The number of pyridine rings is 2. The minimum atomic E-state index is 0.180. The molecule has 0 saturated carbocycles. The van der Waals surface area contributed by atoms with Crippen molar-refractivity contribution in [2.45, 2.75) is 5.92 Å². The third kappa shape index (κ3) is 1.61. The van der Waals surface area contributed by atoms with E-state index in [1.165, 1.54) is 0 Å². The Bertz CT molecular complexity index is 860. The van der Waals surface area contributed by atoms with Crippen molar-refractivity contribution in [3.63, 3.8) is 0 Å². The van der Waals surface area contributed by atoms with E-state index in [1.807, 2.05) is 18.3 Å². The quantitative estimate of drug-likeness (QED) is 0.771. The van der Waals surface area contributed by atoms with Crippen LogP contribution in [-0.2, 0) is 4.74 Å². The molecular weight excluding hydrogens is 250 g/mol. The van der Waals surface area contributed by atoms with Crippen molar-refractivity contribution in [1.29, 1.82) is 0 Å². The Hall–Kier alpha value is -2.62. The second kappa shape index (κ2) is 4.20. The molecule has 0 radical (unpaired) electrons. The third-order valence-corrected chi connectivity index (χ3v) is 3.67. The molecule has 20 heavy (non-hydrogen) atoms. The molecule has 1 N–H and O–H groups in total. The fraction of sp³-hybridized carbons (Fsp3) is 0.125. The van der Waals surface area contributed by atoms with Crippen molar-refractivity contribution in [1.82, 2.24) is 15.0 Å². The Balaban J connectivity index is 1.85. The van der Waals surface area contributed by atoms with Crippen molar-refractivity contribution in [2.75, 3.05) is 7.11 Å². The number of rotatable bonds is 2. The van der Waals surface area contributed by atoms with Gasteiger partial charge in [-0.25, -0.2) is 4.98 Å². The number of ether oxygens (including phenoxy) is 1. The van der Waals surface area contributed by atoms with Crippen molar-refractivity contribution in [3.05, 3.63) is 60.3 Å². The van der Waals surface area contributed by atoms with Crippen LogP contribution in [0.5, 0.6) is 0 Å². The predicted molar refractivity (Wildman–Crippen MR) is 78.4 cm³/mol. The van der Waals surface area contributed by atoms with Gasteiger partial charge in [0.2, 0.25) is 0 Å². The molecule has 0 amide bonds. The molecule has 1 unspecified atom stereocenters. The molecule has 4 heteroatoms. The number of nitrogens with zero attached hydrogens (tertiary/aromatic N) is 2. The van der Waals surface area contributed by atoms with Crippen molar-refractivity contribution in [3.8, 4) is 0 Å². The largest absolute Gasteiger partial charge is 0.497 e. The monoisotopic (exact) mass is 263 g/mol. The summed E-state index contributed by atoms with van der Waals surface area (Å²) in [5.74, 6) is 1.07. The van der Waals surface area contributed by atoms with Gasteiger partial charge in [-0.3, -0.25) is 4.98 Å². The van der Waals surface area contributed by atoms with Gasteiger partial charge in [0.05, 0.1) is 18.3 Å². The predicted octanol–water partition coefficient (Wildman–Crippen LogP) is 3.29. The molecule has 4 rings (SSSR count). The fourth-order valence-electron chi connectivity index (χ4n) is 2.62. The summed E-state index contributed by atoms with van der Waals surface area (Å²) in [6.45, 7) is 0. The number of H-pyrrole nitrogens is 1. The summed E-state index contributed by atoms with van der Waals surface area (Å²) in [7, 11) is 1.68. The fourth-order valence-corrected chi connectivity index (χ4v) is 2.62. The number of aromatic nitrogens is 3. The van der Waals surface area contributed by atoms with E-state index >= 15 is 0 Å². The van der Waals surface area contributed by atoms with Gasteiger partial charge in [0.15, 0.2) is 0 Å². The Morgan fingerprint density at radius 3 is 3.00 bits per heavy atom. The molecule has 0 aromatic carbocycles. The third-order valence-electron chi connectivity index (χ3n) is 3.67. The second-order valence-corrected chi connectivity index (χ2v) is 4.84. The lowest BCUT2D eigenvalue weighted by molar-refractivity contribution is 0.307. The Morgan fingerprint density at radius 2 is 2.15 bits per heavy atom. The lowest BCUT2D eigenvalue weighted by atomic mass is 10.1. The molecule has 3 aromatic rings. The van der Waals surface area contributed by atoms with Crippen LogP contribution >= 0.6 is 0 Å². The maximum absolute atomic E-state index is 5.23. The number of fused-ring (bicyclic) bond motifs is 3. The number of hydrogen-bond acceptors (Lipinski definition) is 3. The second-order valence-electron chi connectivity index (χ2n) is 4.84. The zero-order valence-corrected chi connectivity index (χ0v) is 11.0. The lowest BCUT2D eigenvalue weighted by Gasteiger charge is -2.04. The molecule has 3 aromatic heterocycles. The number of methoxy groups -OCH3 is 1. The van der Waals surface area contributed by atoms with Crippen LogP contribution in [0, 0.1) is 0 Å². The van der Waals surface area contributed by atoms with Crippen molar-refractivity contribution >= 4 is 21.9 Å². The smallest absolute Gasteiger partial charge is 0.138 e. The van der Waals surface area contributed by atoms with Crippen LogP contribution in [0.4, 0.5) is 0 Å². The van der Waals surface area contributed by atoms with Gasteiger partial charge in [-0.15, -0.1) is 0 Å². The highest BCUT2D eigenvalue weighted by Gasteiger charge is 2.15.